The summed E-state index contributed by atoms with van der Waals surface area (Å²) in [7, 11) is 0. The third-order valence-electron chi connectivity index (χ3n) is 4.23. The highest BCUT2D eigenvalue weighted by Crippen LogP contribution is 2.26. The highest BCUT2D eigenvalue weighted by Gasteiger charge is 2.45. The quantitative estimate of drug-likeness (QED) is 0.831. The molecule has 6 nitrogen and oxygen atoms in total. The van der Waals surface area contributed by atoms with E-state index in [1.807, 2.05) is 56.0 Å². The van der Waals surface area contributed by atoms with Gasteiger partial charge in [0.15, 0.2) is 0 Å². The standard InChI is InChI=1S/C18H24N2O4/c1-18(2,3)24-17(22)19-10-14-15(11-19)23-12-16(21)20(14)9-13-7-5-4-6-8-13/h4-8,14-15H,9-12H2,1-3H3/t14-,15-/m1/s1. The largest absolute Gasteiger partial charge is 0.444 e. The first-order chi connectivity index (χ1) is 11.3. The summed E-state index contributed by atoms with van der Waals surface area (Å²) in [5.41, 5.74) is 0.535. The van der Waals surface area contributed by atoms with Gasteiger partial charge in [-0.25, -0.2) is 4.79 Å². The molecular weight excluding hydrogens is 308 g/mol. The van der Waals surface area contributed by atoms with Gasteiger partial charge in [0.05, 0.1) is 18.7 Å². The number of hydrogen-bond donors (Lipinski definition) is 0. The number of carbonyl (C=O) groups excluding carboxylic acids is 2. The normalized spacial score (nSPS) is 24.0. The number of hydrogen-bond acceptors (Lipinski definition) is 4. The smallest absolute Gasteiger partial charge is 0.410 e. The Bertz CT molecular complexity index is 611. The molecule has 0 unspecified atom stereocenters. The van der Waals surface area contributed by atoms with Crippen LogP contribution in [0.15, 0.2) is 30.3 Å². The molecule has 130 valence electrons. The minimum absolute atomic E-state index is 0.0360. The van der Waals surface area contributed by atoms with E-state index in [0.29, 0.717) is 19.6 Å². The summed E-state index contributed by atoms with van der Waals surface area (Å²) in [6.07, 6.45) is -0.508. The molecule has 0 radical (unpaired) electrons. The van der Waals surface area contributed by atoms with Gasteiger partial charge in [-0.1, -0.05) is 30.3 Å². The lowest BCUT2D eigenvalue weighted by atomic mass is 10.1. The van der Waals surface area contributed by atoms with Gasteiger partial charge in [0.25, 0.3) is 0 Å². The average Bonchev–Trinajstić information content (AvgIpc) is 2.94. The molecule has 2 aliphatic rings. The zero-order chi connectivity index (χ0) is 17.3. The van der Waals surface area contributed by atoms with Crippen molar-refractivity contribution in [1.82, 2.24) is 9.80 Å². The Labute approximate surface area is 142 Å². The van der Waals surface area contributed by atoms with Crippen LogP contribution < -0.4 is 0 Å². The van der Waals surface area contributed by atoms with Gasteiger partial charge >= 0.3 is 6.09 Å². The van der Waals surface area contributed by atoms with Gasteiger partial charge in [0.2, 0.25) is 5.91 Å². The molecule has 0 saturated carbocycles. The first-order valence-electron chi connectivity index (χ1n) is 8.26. The highest BCUT2D eigenvalue weighted by atomic mass is 16.6. The molecule has 0 aliphatic carbocycles. The van der Waals surface area contributed by atoms with Crippen LogP contribution in [0.25, 0.3) is 0 Å². The zero-order valence-corrected chi connectivity index (χ0v) is 14.4. The summed E-state index contributed by atoms with van der Waals surface area (Å²) < 4.78 is 11.1. The van der Waals surface area contributed by atoms with Gasteiger partial charge < -0.3 is 19.3 Å². The van der Waals surface area contributed by atoms with E-state index in [1.165, 1.54) is 0 Å². The average molecular weight is 332 g/mol. The first kappa shape index (κ1) is 16.8. The molecule has 2 amide bonds. The van der Waals surface area contributed by atoms with E-state index in [9.17, 15) is 9.59 Å². The fourth-order valence-electron chi connectivity index (χ4n) is 3.13. The fourth-order valence-corrected chi connectivity index (χ4v) is 3.13. The monoisotopic (exact) mass is 332 g/mol. The maximum atomic E-state index is 12.3. The van der Waals surface area contributed by atoms with Crippen LogP contribution >= 0.6 is 0 Å². The predicted octanol–water partition coefficient (Wildman–Crippen LogP) is 2.03. The number of fused-ring (bicyclic) bond motifs is 1. The Hall–Kier alpha value is -2.08. The number of rotatable bonds is 2. The van der Waals surface area contributed by atoms with E-state index < -0.39 is 5.60 Å². The Morgan fingerprint density at radius 3 is 2.62 bits per heavy atom. The van der Waals surface area contributed by atoms with E-state index in [2.05, 4.69) is 0 Å². The van der Waals surface area contributed by atoms with Crippen molar-refractivity contribution in [2.45, 2.75) is 45.1 Å². The lowest BCUT2D eigenvalue weighted by Crippen LogP contribution is -2.53. The Balaban J connectivity index is 1.71. The molecule has 1 aromatic rings. The molecule has 0 spiro atoms. The third kappa shape index (κ3) is 3.70. The summed E-state index contributed by atoms with van der Waals surface area (Å²) in [5, 5.41) is 0. The molecule has 2 fully saturated rings. The van der Waals surface area contributed by atoms with Crippen molar-refractivity contribution in [1.29, 1.82) is 0 Å². The molecule has 2 heterocycles. The molecule has 6 heteroatoms. The maximum Gasteiger partial charge on any atom is 0.410 e. The maximum absolute atomic E-state index is 12.3. The van der Waals surface area contributed by atoms with Gasteiger partial charge in [0, 0.05) is 13.1 Å². The van der Waals surface area contributed by atoms with Crippen molar-refractivity contribution in [2.75, 3.05) is 19.7 Å². The van der Waals surface area contributed by atoms with Gasteiger partial charge in [-0.3, -0.25) is 4.79 Å². The van der Waals surface area contributed by atoms with Crippen LogP contribution in [0.5, 0.6) is 0 Å². The van der Waals surface area contributed by atoms with Crippen LogP contribution in [-0.2, 0) is 20.8 Å². The topological polar surface area (TPSA) is 59.1 Å². The molecule has 2 saturated heterocycles. The van der Waals surface area contributed by atoms with Gasteiger partial charge in [-0.05, 0) is 26.3 Å². The summed E-state index contributed by atoms with van der Waals surface area (Å²) in [6.45, 7) is 7.03. The Kier molecular flexibility index (Phi) is 4.49. The van der Waals surface area contributed by atoms with Gasteiger partial charge in [-0.15, -0.1) is 0 Å². The molecule has 2 aliphatic heterocycles. The minimum atomic E-state index is -0.536. The van der Waals surface area contributed by atoms with Crippen LogP contribution in [0.2, 0.25) is 0 Å². The Morgan fingerprint density at radius 2 is 1.96 bits per heavy atom. The van der Waals surface area contributed by atoms with E-state index in [1.54, 1.807) is 4.90 Å². The summed E-state index contributed by atoms with van der Waals surface area (Å²) in [5.74, 6) is -0.0360. The second kappa shape index (κ2) is 6.43. The van der Waals surface area contributed by atoms with Crippen molar-refractivity contribution < 1.29 is 19.1 Å². The van der Waals surface area contributed by atoms with Crippen molar-refractivity contribution in [3.63, 3.8) is 0 Å². The molecule has 24 heavy (non-hydrogen) atoms. The lowest BCUT2D eigenvalue weighted by Gasteiger charge is -2.36. The number of benzene rings is 1. The number of amides is 2. The number of carbonyl (C=O) groups is 2. The number of morpholine rings is 1. The second-order valence-electron chi connectivity index (χ2n) is 7.31. The van der Waals surface area contributed by atoms with Crippen molar-refractivity contribution in [2.24, 2.45) is 0 Å². The molecule has 1 aromatic carbocycles. The number of ether oxygens (including phenoxy) is 2. The molecule has 0 aromatic heterocycles. The summed E-state index contributed by atoms with van der Waals surface area (Å²) >= 11 is 0. The van der Waals surface area contributed by atoms with E-state index >= 15 is 0 Å². The summed E-state index contributed by atoms with van der Waals surface area (Å²) in [6, 6.07) is 9.74. The third-order valence-corrected chi connectivity index (χ3v) is 4.23. The number of nitrogens with zero attached hydrogens (tertiary/aromatic N) is 2. The Morgan fingerprint density at radius 1 is 1.25 bits per heavy atom. The minimum Gasteiger partial charge on any atom is -0.444 e. The van der Waals surface area contributed by atoms with Crippen molar-refractivity contribution in [3.05, 3.63) is 35.9 Å². The van der Waals surface area contributed by atoms with E-state index in [-0.39, 0.29) is 30.8 Å². The van der Waals surface area contributed by atoms with Crippen molar-refractivity contribution in [3.8, 4) is 0 Å². The van der Waals surface area contributed by atoms with Gasteiger partial charge in [-0.2, -0.15) is 0 Å². The molecular formula is C18H24N2O4. The summed E-state index contributed by atoms with van der Waals surface area (Å²) in [4.78, 5) is 28.1. The molecule has 0 bridgehead atoms. The van der Waals surface area contributed by atoms with Crippen LogP contribution in [0.3, 0.4) is 0 Å². The molecule has 2 atom stereocenters. The number of likely N-dealkylation sites (tertiary alicyclic amines) is 1. The van der Waals surface area contributed by atoms with Crippen LogP contribution in [0.4, 0.5) is 4.79 Å². The van der Waals surface area contributed by atoms with E-state index in [4.69, 9.17) is 9.47 Å². The lowest BCUT2D eigenvalue weighted by molar-refractivity contribution is -0.153. The first-order valence-corrected chi connectivity index (χ1v) is 8.26. The van der Waals surface area contributed by atoms with E-state index in [0.717, 1.165) is 5.56 Å². The molecule has 3 rings (SSSR count). The van der Waals surface area contributed by atoms with Crippen molar-refractivity contribution >= 4 is 12.0 Å². The van der Waals surface area contributed by atoms with Gasteiger partial charge in [0.1, 0.15) is 12.2 Å². The fraction of sp³-hybridized carbons (Fsp3) is 0.556. The predicted molar refractivity (Wildman–Crippen MR) is 88.3 cm³/mol. The SMILES string of the molecule is CC(C)(C)OC(=O)N1C[C@@H]2[C@@H](C1)OCC(=O)N2Cc1ccccc1. The second-order valence-corrected chi connectivity index (χ2v) is 7.31. The zero-order valence-electron chi connectivity index (χ0n) is 14.4. The van der Waals surface area contributed by atoms with Crippen LogP contribution in [-0.4, -0.2) is 59.2 Å². The van der Waals surface area contributed by atoms with Crippen LogP contribution in [0, 0.1) is 0 Å². The van der Waals surface area contributed by atoms with Crippen LogP contribution in [0.1, 0.15) is 26.3 Å². The molecule has 0 N–H and O–H groups in total. The highest BCUT2D eigenvalue weighted by molar-refractivity contribution is 5.79.